The molecule has 2 rings (SSSR count). The molecule has 5 heteroatoms. The molecule has 1 aromatic heterocycles. The van der Waals surface area contributed by atoms with Crippen LogP contribution in [0.25, 0.3) is 0 Å². The van der Waals surface area contributed by atoms with Crippen molar-refractivity contribution in [1.29, 1.82) is 0 Å². The lowest BCUT2D eigenvalue weighted by atomic mass is 10.1. The van der Waals surface area contributed by atoms with Crippen molar-refractivity contribution in [2.24, 2.45) is 5.73 Å². The van der Waals surface area contributed by atoms with Gasteiger partial charge in [-0.1, -0.05) is 6.07 Å². The van der Waals surface area contributed by atoms with Gasteiger partial charge in [-0.2, -0.15) is 0 Å². The molecule has 0 saturated carbocycles. The molecule has 0 aliphatic rings. The zero-order valence-electron chi connectivity index (χ0n) is 12.6. The molecule has 5 nitrogen and oxygen atoms in total. The first-order valence-corrected chi connectivity index (χ1v) is 7.01. The van der Waals surface area contributed by atoms with Gasteiger partial charge in [-0.15, -0.1) is 0 Å². The minimum atomic E-state index is -0.258. The molecule has 3 N–H and O–H groups in total. The summed E-state index contributed by atoms with van der Waals surface area (Å²) in [7, 11) is 0. The quantitative estimate of drug-likeness (QED) is 0.881. The molecule has 21 heavy (non-hydrogen) atoms. The number of aromatic nitrogens is 2. The van der Waals surface area contributed by atoms with E-state index in [-0.39, 0.29) is 11.6 Å². The van der Waals surface area contributed by atoms with Crippen molar-refractivity contribution in [1.82, 2.24) is 9.97 Å². The second-order valence-electron chi connectivity index (χ2n) is 5.25. The van der Waals surface area contributed by atoms with Crippen LogP contribution in [0, 0.1) is 13.8 Å². The van der Waals surface area contributed by atoms with E-state index in [1.807, 2.05) is 25.1 Å². The second kappa shape index (κ2) is 6.54. The maximum Gasteiger partial charge on any atom is 0.251 e. The lowest BCUT2D eigenvalue weighted by molar-refractivity contribution is 0.318. The summed E-state index contributed by atoms with van der Waals surface area (Å²) in [5.41, 5.74) is 8.60. The van der Waals surface area contributed by atoms with Gasteiger partial charge in [0, 0.05) is 18.5 Å². The molecular formula is C16H21N3O2. The third-order valence-corrected chi connectivity index (χ3v) is 3.36. The van der Waals surface area contributed by atoms with Crippen molar-refractivity contribution in [2.75, 3.05) is 6.61 Å². The molecule has 0 aliphatic heterocycles. The fourth-order valence-electron chi connectivity index (χ4n) is 1.95. The Hall–Kier alpha value is -2.14. The van der Waals surface area contributed by atoms with Gasteiger partial charge < -0.3 is 15.5 Å². The smallest absolute Gasteiger partial charge is 0.251 e. The summed E-state index contributed by atoms with van der Waals surface area (Å²) in [4.78, 5) is 18.6. The summed E-state index contributed by atoms with van der Waals surface area (Å²) < 4.78 is 5.69. The lowest BCUT2D eigenvalue weighted by Crippen LogP contribution is -2.18. The van der Waals surface area contributed by atoms with Crippen molar-refractivity contribution in [3.63, 3.8) is 0 Å². The number of hydrogen-bond acceptors (Lipinski definition) is 4. The van der Waals surface area contributed by atoms with Crippen molar-refractivity contribution >= 4 is 0 Å². The van der Waals surface area contributed by atoms with Gasteiger partial charge in [0.25, 0.3) is 5.56 Å². The summed E-state index contributed by atoms with van der Waals surface area (Å²) in [6.07, 6.45) is 0.530. The van der Waals surface area contributed by atoms with Crippen LogP contribution in [-0.4, -0.2) is 16.6 Å². The number of hydrogen-bond donors (Lipinski definition) is 2. The van der Waals surface area contributed by atoms with Crippen molar-refractivity contribution in [2.45, 2.75) is 33.2 Å². The molecule has 1 atom stereocenters. The molecular weight excluding hydrogens is 266 g/mol. The molecule has 0 fully saturated rings. The largest absolute Gasteiger partial charge is 0.493 e. The van der Waals surface area contributed by atoms with E-state index in [4.69, 9.17) is 10.5 Å². The van der Waals surface area contributed by atoms with Crippen LogP contribution in [0.15, 0.2) is 29.1 Å². The van der Waals surface area contributed by atoms with Crippen LogP contribution in [0.2, 0.25) is 0 Å². The summed E-state index contributed by atoms with van der Waals surface area (Å²) in [5.74, 6) is 1.42. The maximum atomic E-state index is 11.5. The molecule has 0 bridgehead atoms. The van der Waals surface area contributed by atoms with E-state index in [1.54, 1.807) is 6.92 Å². The first-order valence-electron chi connectivity index (χ1n) is 7.01. The molecule has 1 aromatic carbocycles. The van der Waals surface area contributed by atoms with Crippen LogP contribution in [0.1, 0.15) is 35.6 Å². The van der Waals surface area contributed by atoms with E-state index in [2.05, 4.69) is 16.9 Å². The molecule has 0 radical (unpaired) electrons. The fraction of sp³-hybridized carbons (Fsp3) is 0.375. The van der Waals surface area contributed by atoms with E-state index < -0.39 is 0 Å². The number of H-pyrrole nitrogens is 1. The summed E-state index contributed by atoms with van der Waals surface area (Å²) in [6.45, 7) is 6.37. The standard InChI is InChI=1S/C16H21N3O2/c1-10-4-5-13(8-11(10)2)21-7-6-15-18-14(12(3)17)9-16(20)19-15/h4-5,8-9,12H,6-7,17H2,1-3H3,(H,18,19,20). The van der Waals surface area contributed by atoms with E-state index >= 15 is 0 Å². The van der Waals surface area contributed by atoms with Gasteiger partial charge in [0.1, 0.15) is 11.6 Å². The van der Waals surface area contributed by atoms with Gasteiger partial charge in [-0.05, 0) is 44.0 Å². The van der Waals surface area contributed by atoms with Crippen LogP contribution >= 0.6 is 0 Å². The van der Waals surface area contributed by atoms with Crippen LogP contribution in [0.5, 0.6) is 5.75 Å². The molecule has 1 unspecified atom stereocenters. The van der Waals surface area contributed by atoms with E-state index in [9.17, 15) is 4.79 Å². The molecule has 0 saturated heterocycles. The molecule has 0 aliphatic carbocycles. The predicted molar refractivity (Wildman–Crippen MR) is 82.6 cm³/mol. The number of nitrogens with two attached hydrogens (primary N) is 1. The zero-order chi connectivity index (χ0) is 15.4. The number of aryl methyl sites for hydroxylation is 2. The monoisotopic (exact) mass is 287 g/mol. The number of nitrogens with one attached hydrogen (secondary N) is 1. The summed E-state index contributed by atoms with van der Waals surface area (Å²) >= 11 is 0. The first kappa shape index (κ1) is 15.3. The molecule has 1 heterocycles. The van der Waals surface area contributed by atoms with Crippen LogP contribution in [-0.2, 0) is 6.42 Å². The van der Waals surface area contributed by atoms with Gasteiger partial charge in [0.2, 0.25) is 0 Å². The number of nitrogens with zero attached hydrogens (tertiary/aromatic N) is 1. The second-order valence-corrected chi connectivity index (χ2v) is 5.25. The zero-order valence-corrected chi connectivity index (χ0v) is 12.6. The Morgan fingerprint density at radius 1 is 1.29 bits per heavy atom. The van der Waals surface area contributed by atoms with Crippen molar-refractivity contribution in [3.8, 4) is 5.75 Å². The predicted octanol–water partition coefficient (Wildman–Crippen LogP) is 2.03. The Kier molecular flexibility index (Phi) is 4.75. The molecule has 0 amide bonds. The number of benzene rings is 1. The lowest BCUT2D eigenvalue weighted by Gasteiger charge is -2.09. The Labute approximate surface area is 124 Å². The highest BCUT2D eigenvalue weighted by Crippen LogP contribution is 2.16. The average Bonchev–Trinajstić information content (AvgIpc) is 2.42. The van der Waals surface area contributed by atoms with Gasteiger partial charge in [-0.3, -0.25) is 4.79 Å². The van der Waals surface area contributed by atoms with Crippen molar-refractivity contribution in [3.05, 3.63) is 57.3 Å². The molecule has 0 spiro atoms. The third-order valence-electron chi connectivity index (χ3n) is 3.36. The normalized spacial score (nSPS) is 12.2. The average molecular weight is 287 g/mol. The van der Waals surface area contributed by atoms with E-state index in [0.717, 1.165) is 5.75 Å². The Morgan fingerprint density at radius 2 is 2.05 bits per heavy atom. The Morgan fingerprint density at radius 3 is 2.71 bits per heavy atom. The van der Waals surface area contributed by atoms with Crippen LogP contribution in [0.4, 0.5) is 0 Å². The van der Waals surface area contributed by atoms with Gasteiger partial charge in [-0.25, -0.2) is 4.98 Å². The minimum Gasteiger partial charge on any atom is -0.493 e. The number of rotatable bonds is 5. The van der Waals surface area contributed by atoms with Gasteiger partial charge >= 0.3 is 0 Å². The SMILES string of the molecule is Cc1ccc(OCCc2nc(C(C)N)cc(=O)[nH]2)cc1C. The topological polar surface area (TPSA) is 81.0 Å². The summed E-state index contributed by atoms with van der Waals surface area (Å²) in [5, 5.41) is 0. The Balaban J connectivity index is 2.00. The highest BCUT2D eigenvalue weighted by Gasteiger charge is 2.06. The minimum absolute atomic E-state index is 0.182. The van der Waals surface area contributed by atoms with Crippen LogP contribution in [0.3, 0.4) is 0 Å². The van der Waals surface area contributed by atoms with Gasteiger partial charge in [0.05, 0.1) is 12.3 Å². The van der Waals surface area contributed by atoms with E-state index in [1.165, 1.54) is 17.2 Å². The first-order chi connectivity index (χ1) is 9.95. The molecule has 112 valence electrons. The number of aromatic amines is 1. The van der Waals surface area contributed by atoms with E-state index in [0.29, 0.717) is 24.5 Å². The highest BCUT2D eigenvalue weighted by molar-refractivity contribution is 5.33. The van der Waals surface area contributed by atoms with Crippen LogP contribution < -0.4 is 16.0 Å². The van der Waals surface area contributed by atoms with Crippen molar-refractivity contribution < 1.29 is 4.74 Å². The Bertz CT molecular complexity index is 677. The number of ether oxygens (including phenoxy) is 1. The maximum absolute atomic E-state index is 11.5. The third kappa shape index (κ3) is 4.16. The fourth-order valence-corrected chi connectivity index (χ4v) is 1.95. The summed E-state index contributed by atoms with van der Waals surface area (Å²) in [6, 6.07) is 7.15. The molecule has 2 aromatic rings. The van der Waals surface area contributed by atoms with Gasteiger partial charge in [0.15, 0.2) is 0 Å². The highest BCUT2D eigenvalue weighted by atomic mass is 16.5.